The molecule has 158 valence electrons. The van der Waals surface area contributed by atoms with Crippen molar-refractivity contribution in [1.29, 1.82) is 0 Å². The molecule has 0 spiro atoms. The van der Waals surface area contributed by atoms with Crippen molar-refractivity contribution in [3.8, 4) is 17.0 Å². The van der Waals surface area contributed by atoms with E-state index in [0.29, 0.717) is 43.3 Å². The van der Waals surface area contributed by atoms with E-state index >= 15 is 0 Å². The minimum atomic E-state index is 0.480. The number of aromatic nitrogens is 4. The maximum atomic E-state index is 6.13. The number of rotatable bonds is 9. The van der Waals surface area contributed by atoms with Crippen molar-refractivity contribution in [3.05, 3.63) is 60.3 Å². The first-order chi connectivity index (χ1) is 14.7. The highest BCUT2D eigenvalue weighted by atomic mass is 16.5. The molecule has 8 heteroatoms. The maximum Gasteiger partial charge on any atom is 0.224 e. The summed E-state index contributed by atoms with van der Waals surface area (Å²) in [5.41, 5.74) is 2.88. The number of ether oxygens (including phenoxy) is 3. The van der Waals surface area contributed by atoms with Gasteiger partial charge >= 0.3 is 0 Å². The Balaban J connectivity index is 1.38. The molecule has 2 aromatic rings. The van der Waals surface area contributed by atoms with Crippen molar-refractivity contribution in [2.24, 2.45) is 11.8 Å². The molecule has 3 heterocycles. The molecule has 8 nitrogen and oxygen atoms in total. The molecule has 0 saturated heterocycles. The number of nitrogens with zero attached hydrogens (tertiary/aromatic N) is 4. The topological polar surface area (TPSA) is 83.3 Å². The summed E-state index contributed by atoms with van der Waals surface area (Å²) in [4.78, 5) is 8.87. The Hall–Kier alpha value is -3.13. The molecule has 0 radical (unpaired) electrons. The molecular weight excluding hydrogens is 382 g/mol. The summed E-state index contributed by atoms with van der Waals surface area (Å²) in [6.07, 6.45) is 14.8. The van der Waals surface area contributed by atoms with Crippen LogP contribution in [0.25, 0.3) is 11.1 Å². The minimum absolute atomic E-state index is 0.480. The van der Waals surface area contributed by atoms with Gasteiger partial charge in [-0.2, -0.15) is 10.1 Å². The second-order valence-electron chi connectivity index (χ2n) is 7.44. The van der Waals surface area contributed by atoms with Crippen LogP contribution in [0.5, 0.6) is 5.88 Å². The lowest BCUT2D eigenvalue weighted by Gasteiger charge is -2.11. The minimum Gasteiger partial charge on any atom is -0.495 e. The molecule has 1 aliphatic carbocycles. The van der Waals surface area contributed by atoms with E-state index in [1.165, 1.54) is 0 Å². The van der Waals surface area contributed by atoms with Crippen LogP contribution in [0.2, 0.25) is 0 Å². The second kappa shape index (κ2) is 9.13. The summed E-state index contributed by atoms with van der Waals surface area (Å²) in [5.74, 6) is 3.09. The van der Waals surface area contributed by atoms with Crippen molar-refractivity contribution in [2.75, 3.05) is 27.4 Å². The van der Waals surface area contributed by atoms with E-state index in [-0.39, 0.29) is 0 Å². The van der Waals surface area contributed by atoms with Gasteiger partial charge in [-0.25, -0.2) is 4.98 Å². The number of hydrogen-bond donors (Lipinski definition) is 1. The van der Waals surface area contributed by atoms with Gasteiger partial charge < -0.3 is 19.5 Å². The van der Waals surface area contributed by atoms with Gasteiger partial charge in [-0.05, 0) is 37.3 Å². The van der Waals surface area contributed by atoms with Crippen LogP contribution < -0.4 is 10.1 Å². The van der Waals surface area contributed by atoms with Gasteiger partial charge in [-0.1, -0.05) is 6.08 Å². The van der Waals surface area contributed by atoms with E-state index in [1.54, 1.807) is 20.4 Å². The van der Waals surface area contributed by atoms with Crippen molar-refractivity contribution in [3.63, 3.8) is 0 Å². The number of allylic oxidation sites excluding steroid dienone is 3. The number of aryl methyl sites for hydroxylation is 1. The molecule has 2 aliphatic rings. The Morgan fingerprint density at radius 3 is 2.93 bits per heavy atom. The average Bonchev–Trinajstić information content (AvgIpc) is 3.33. The Labute approximate surface area is 176 Å². The number of hydrogen-bond acceptors (Lipinski definition) is 7. The van der Waals surface area contributed by atoms with Gasteiger partial charge in [0.25, 0.3) is 0 Å². The third-order valence-corrected chi connectivity index (χ3v) is 5.19. The third kappa shape index (κ3) is 4.88. The molecule has 1 saturated carbocycles. The Morgan fingerprint density at radius 1 is 1.27 bits per heavy atom. The fourth-order valence-corrected chi connectivity index (χ4v) is 3.30. The van der Waals surface area contributed by atoms with Crippen LogP contribution in [0.1, 0.15) is 12.2 Å². The van der Waals surface area contributed by atoms with Crippen molar-refractivity contribution < 1.29 is 14.2 Å². The van der Waals surface area contributed by atoms with Crippen LogP contribution in [-0.2, 0) is 16.0 Å². The van der Waals surface area contributed by atoms with Crippen LogP contribution in [0.15, 0.2) is 54.5 Å². The summed E-state index contributed by atoms with van der Waals surface area (Å²) >= 11 is 0. The molecule has 2 unspecified atom stereocenters. The Kier molecular flexibility index (Phi) is 6.13. The second-order valence-corrected chi connectivity index (χ2v) is 7.44. The zero-order valence-electron chi connectivity index (χ0n) is 17.5. The summed E-state index contributed by atoms with van der Waals surface area (Å²) in [7, 11) is 3.34. The van der Waals surface area contributed by atoms with Crippen molar-refractivity contribution in [2.45, 2.75) is 19.9 Å². The molecule has 1 aliphatic heterocycles. The molecule has 1 N–H and O–H groups in total. The summed E-state index contributed by atoms with van der Waals surface area (Å²) < 4.78 is 18.3. The lowest BCUT2D eigenvalue weighted by Crippen LogP contribution is -2.09. The molecule has 0 bridgehead atoms. The predicted octanol–water partition coefficient (Wildman–Crippen LogP) is 2.84. The smallest absolute Gasteiger partial charge is 0.224 e. The van der Waals surface area contributed by atoms with E-state index < -0.39 is 0 Å². The Bertz CT molecular complexity index is 979. The van der Waals surface area contributed by atoms with Gasteiger partial charge in [-0.3, -0.25) is 4.68 Å². The SMILES string of the molecule is COCCn1cc(-c2cnc(C)nc2OCC2CC2C=C2C=CC(OC)=CN2)cn1. The van der Waals surface area contributed by atoms with Crippen LogP contribution in [-0.4, -0.2) is 47.2 Å². The zero-order valence-corrected chi connectivity index (χ0v) is 17.5. The van der Waals surface area contributed by atoms with Gasteiger partial charge in [-0.15, -0.1) is 0 Å². The highest BCUT2D eigenvalue weighted by Gasteiger charge is 2.36. The normalized spacial score (nSPS) is 21.3. The van der Waals surface area contributed by atoms with Crippen LogP contribution in [0, 0.1) is 18.8 Å². The standard InChI is InChI=1S/C22H27N5O3/c1-15-23-12-21(18-10-25-27(13-18)6-7-28-2)22(26-15)30-14-17-8-16(17)9-19-4-5-20(29-3)11-24-19/h4-5,9-13,16-17,24H,6-8,14H2,1-3H3. The van der Waals surface area contributed by atoms with Crippen LogP contribution in [0.4, 0.5) is 0 Å². The van der Waals surface area contributed by atoms with E-state index in [9.17, 15) is 0 Å². The lowest BCUT2D eigenvalue weighted by atomic mass is 10.2. The largest absolute Gasteiger partial charge is 0.495 e. The first-order valence-electron chi connectivity index (χ1n) is 10.0. The monoisotopic (exact) mass is 409 g/mol. The molecule has 0 amide bonds. The third-order valence-electron chi connectivity index (χ3n) is 5.19. The summed E-state index contributed by atoms with van der Waals surface area (Å²) in [6, 6.07) is 0. The first-order valence-corrected chi connectivity index (χ1v) is 10.0. The van der Waals surface area contributed by atoms with Gasteiger partial charge in [0, 0.05) is 37.0 Å². The highest BCUT2D eigenvalue weighted by molar-refractivity contribution is 5.66. The van der Waals surface area contributed by atoms with Crippen molar-refractivity contribution >= 4 is 0 Å². The van der Waals surface area contributed by atoms with Gasteiger partial charge in [0.15, 0.2) is 0 Å². The van der Waals surface area contributed by atoms with Gasteiger partial charge in [0.1, 0.15) is 11.6 Å². The molecule has 2 atom stereocenters. The summed E-state index contributed by atoms with van der Waals surface area (Å²) in [5, 5.41) is 7.63. The van der Waals surface area contributed by atoms with E-state index in [1.807, 2.05) is 42.4 Å². The quantitative estimate of drug-likeness (QED) is 0.682. The zero-order chi connectivity index (χ0) is 20.9. The first kappa shape index (κ1) is 20.2. The fourth-order valence-electron chi connectivity index (χ4n) is 3.30. The van der Waals surface area contributed by atoms with Crippen LogP contribution in [0.3, 0.4) is 0 Å². The average molecular weight is 409 g/mol. The molecule has 4 rings (SSSR count). The van der Waals surface area contributed by atoms with Gasteiger partial charge in [0.05, 0.1) is 38.6 Å². The molecule has 0 aromatic carbocycles. The number of nitrogens with one attached hydrogen (secondary N) is 1. The molecular formula is C22H27N5O3. The maximum absolute atomic E-state index is 6.13. The van der Waals surface area contributed by atoms with Gasteiger partial charge in [0.2, 0.25) is 5.88 Å². The molecule has 30 heavy (non-hydrogen) atoms. The van der Waals surface area contributed by atoms with E-state index in [2.05, 4.69) is 26.5 Å². The number of methoxy groups -OCH3 is 2. The lowest BCUT2D eigenvalue weighted by molar-refractivity contribution is 0.183. The van der Waals surface area contributed by atoms with Crippen LogP contribution >= 0.6 is 0 Å². The molecule has 2 aromatic heterocycles. The predicted molar refractivity (Wildman–Crippen MR) is 112 cm³/mol. The highest BCUT2D eigenvalue weighted by Crippen LogP contribution is 2.41. The van der Waals surface area contributed by atoms with E-state index in [4.69, 9.17) is 14.2 Å². The molecule has 1 fully saturated rings. The summed E-state index contributed by atoms with van der Waals surface area (Å²) in [6.45, 7) is 3.80. The number of dihydropyridines is 1. The van der Waals surface area contributed by atoms with E-state index in [0.717, 1.165) is 29.0 Å². The Morgan fingerprint density at radius 2 is 2.17 bits per heavy atom. The van der Waals surface area contributed by atoms with Crippen molar-refractivity contribution in [1.82, 2.24) is 25.1 Å². The fraction of sp³-hybridized carbons (Fsp3) is 0.409.